The number of hydrogen-bond donors (Lipinski definition) is 0. The van der Waals surface area contributed by atoms with E-state index < -0.39 is 5.41 Å². The van der Waals surface area contributed by atoms with E-state index in [9.17, 15) is 0 Å². The number of benzene rings is 11. The van der Waals surface area contributed by atoms with Crippen molar-refractivity contribution in [1.29, 1.82) is 0 Å². The van der Waals surface area contributed by atoms with E-state index in [0.29, 0.717) is 0 Å². The Kier molecular flexibility index (Phi) is 8.53. The summed E-state index contributed by atoms with van der Waals surface area (Å²) in [6.07, 6.45) is 0. The average molecular weight is 863 g/mol. The Morgan fingerprint density at radius 1 is 0.279 bits per heavy atom. The quantitative estimate of drug-likeness (QED) is 0.166. The normalized spacial score (nSPS) is 12.8. The summed E-state index contributed by atoms with van der Waals surface area (Å²) in [4.78, 5) is 7.85. The summed E-state index contributed by atoms with van der Waals surface area (Å²) in [5, 5.41) is 6.01. The minimum absolute atomic E-state index is 0.446. The zero-order valence-electron chi connectivity index (χ0n) is 37.1. The molecule has 0 unspecified atom stereocenters. The maximum absolute atomic E-state index is 5.41. The van der Waals surface area contributed by atoms with Gasteiger partial charge in [0.15, 0.2) is 0 Å². The van der Waals surface area contributed by atoms with Crippen LogP contribution >= 0.6 is 0 Å². The van der Waals surface area contributed by atoms with Crippen LogP contribution in [0.4, 0.5) is 17.1 Å². The first-order chi connectivity index (χ1) is 33.7. The SMILES string of the molecule is c1cc(-c2nc3ccccc3cc2-c2ccc(N(c3ccc4c(c3)C3(c5ccccc5-c5ccccc53)c3ccccc3-4)c3ccc4ccccc4c3)cc2)cc(-c2cccc3ccccc23)c1. The number of nitrogens with zero attached hydrogens (tertiary/aromatic N) is 2. The van der Waals surface area contributed by atoms with Crippen molar-refractivity contribution in [2.75, 3.05) is 4.90 Å². The van der Waals surface area contributed by atoms with Gasteiger partial charge in [-0.05, 0) is 137 Å². The zero-order valence-corrected chi connectivity index (χ0v) is 37.1. The van der Waals surface area contributed by atoms with Crippen LogP contribution in [-0.2, 0) is 5.41 Å². The molecule has 0 aliphatic heterocycles. The Balaban J connectivity index is 0.940. The predicted octanol–water partition coefficient (Wildman–Crippen LogP) is 17.4. The smallest absolute Gasteiger partial charge is 0.0788 e. The minimum atomic E-state index is -0.446. The van der Waals surface area contributed by atoms with E-state index in [-0.39, 0.29) is 0 Å². The van der Waals surface area contributed by atoms with Gasteiger partial charge in [0.25, 0.3) is 0 Å². The molecule has 0 radical (unpaired) electrons. The molecule has 2 aliphatic carbocycles. The largest absolute Gasteiger partial charge is 0.310 e. The third-order valence-corrected chi connectivity index (χ3v) is 14.6. The molecular weight excluding hydrogens is 821 g/mol. The van der Waals surface area contributed by atoms with Gasteiger partial charge >= 0.3 is 0 Å². The first-order valence-corrected chi connectivity index (χ1v) is 23.5. The summed E-state index contributed by atoms with van der Waals surface area (Å²) in [6.45, 7) is 0. The highest BCUT2D eigenvalue weighted by atomic mass is 15.1. The third-order valence-electron chi connectivity index (χ3n) is 14.6. The van der Waals surface area contributed by atoms with Crippen LogP contribution in [-0.4, -0.2) is 4.98 Å². The fourth-order valence-corrected chi connectivity index (χ4v) is 11.6. The molecule has 1 heterocycles. The van der Waals surface area contributed by atoms with Gasteiger partial charge in [-0.3, -0.25) is 0 Å². The van der Waals surface area contributed by atoms with E-state index in [4.69, 9.17) is 4.98 Å². The first-order valence-electron chi connectivity index (χ1n) is 23.5. The second kappa shape index (κ2) is 15.1. The highest BCUT2D eigenvalue weighted by Crippen LogP contribution is 2.63. The lowest BCUT2D eigenvalue weighted by atomic mass is 9.70. The van der Waals surface area contributed by atoms with Crippen molar-refractivity contribution in [3.8, 4) is 55.8 Å². The van der Waals surface area contributed by atoms with Crippen LogP contribution in [0, 0.1) is 0 Å². The molecule has 0 fully saturated rings. The molecule has 0 bridgehead atoms. The van der Waals surface area contributed by atoms with Crippen LogP contribution in [0.5, 0.6) is 0 Å². The van der Waals surface area contributed by atoms with Gasteiger partial charge in [0.2, 0.25) is 0 Å². The van der Waals surface area contributed by atoms with Gasteiger partial charge < -0.3 is 4.90 Å². The Morgan fingerprint density at radius 2 is 0.809 bits per heavy atom. The molecule has 0 N–H and O–H groups in total. The molecule has 1 spiro atoms. The second-order valence-electron chi connectivity index (χ2n) is 18.2. The predicted molar refractivity (Wildman–Crippen MR) is 284 cm³/mol. The summed E-state index contributed by atoms with van der Waals surface area (Å²) in [6, 6.07) is 93.7. The number of rotatable bonds is 6. The Labute approximate surface area is 395 Å². The summed E-state index contributed by atoms with van der Waals surface area (Å²) >= 11 is 0. The van der Waals surface area contributed by atoms with Crippen LogP contribution in [0.2, 0.25) is 0 Å². The third kappa shape index (κ3) is 5.74. The van der Waals surface area contributed by atoms with Gasteiger partial charge in [0, 0.05) is 33.6 Å². The fourth-order valence-electron chi connectivity index (χ4n) is 11.6. The molecule has 0 amide bonds. The standard InChI is InChI=1S/C66H42N2/c1-2-17-46-40-51(36-31-43(46)15-1)68(52-37-38-58-57-25-8-11-29-62(57)66(63(58)42-52)60-27-9-6-23-55(60)56-24-7-10-28-61(56)66)50-34-32-45(33-35-50)59-41-48-18-4-12-30-64(48)67-65(59)49-21-13-20-47(39-49)54-26-14-19-44-16-3-5-22-53(44)54/h1-42H. The molecule has 0 saturated carbocycles. The Hall–Kier alpha value is -8.85. The van der Waals surface area contributed by atoms with Gasteiger partial charge in [-0.25, -0.2) is 4.98 Å². The number of aromatic nitrogens is 1. The number of fused-ring (bicyclic) bond motifs is 13. The molecule has 14 rings (SSSR count). The van der Waals surface area contributed by atoms with Crippen LogP contribution in [0.25, 0.3) is 88.2 Å². The summed E-state index contributed by atoms with van der Waals surface area (Å²) < 4.78 is 0. The molecule has 0 saturated heterocycles. The van der Waals surface area contributed by atoms with Crippen LogP contribution < -0.4 is 4.90 Å². The Morgan fingerprint density at radius 3 is 1.56 bits per heavy atom. The zero-order chi connectivity index (χ0) is 44.8. The lowest BCUT2D eigenvalue weighted by molar-refractivity contribution is 0.793. The van der Waals surface area contributed by atoms with E-state index in [1.54, 1.807) is 0 Å². The average Bonchev–Trinajstić information content (AvgIpc) is 3.88. The number of pyridine rings is 1. The van der Waals surface area contributed by atoms with Crippen LogP contribution in [0.3, 0.4) is 0 Å². The van der Waals surface area contributed by atoms with E-state index in [0.717, 1.165) is 50.3 Å². The van der Waals surface area contributed by atoms with Crippen molar-refractivity contribution in [1.82, 2.24) is 4.98 Å². The molecule has 12 aromatic rings. The summed E-state index contributed by atoms with van der Waals surface area (Å²) in [7, 11) is 0. The van der Waals surface area contributed by atoms with Gasteiger partial charge in [0.05, 0.1) is 16.6 Å². The number of para-hydroxylation sites is 1. The second-order valence-corrected chi connectivity index (χ2v) is 18.2. The lowest BCUT2D eigenvalue weighted by Gasteiger charge is -2.32. The van der Waals surface area contributed by atoms with Crippen molar-refractivity contribution in [2.45, 2.75) is 5.41 Å². The molecular formula is C66H42N2. The van der Waals surface area contributed by atoms with Crippen molar-refractivity contribution in [3.63, 3.8) is 0 Å². The Bertz CT molecular complexity index is 3920. The van der Waals surface area contributed by atoms with E-state index >= 15 is 0 Å². The minimum Gasteiger partial charge on any atom is -0.310 e. The molecule has 316 valence electrons. The molecule has 2 aliphatic rings. The highest BCUT2D eigenvalue weighted by Gasteiger charge is 2.51. The molecule has 2 heteroatoms. The number of hydrogen-bond acceptors (Lipinski definition) is 2. The highest BCUT2D eigenvalue weighted by molar-refractivity contribution is 6.00. The molecule has 1 aromatic heterocycles. The monoisotopic (exact) mass is 862 g/mol. The topological polar surface area (TPSA) is 16.1 Å². The van der Waals surface area contributed by atoms with Crippen LogP contribution in [0.15, 0.2) is 255 Å². The molecule has 0 atom stereocenters. The van der Waals surface area contributed by atoms with Crippen molar-refractivity contribution in [2.24, 2.45) is 0 Å². The van der Waals surface area contributed by atoms with E-state index in [1.165, 1.54) is 77.2 Å². The summed E-state index contributed by atoms with van der Waals surface area (Å²) in [5.41, 5.74) is 21.0. The lowest BCUT2D eigenvalue weighted by Crippen LogP contribution is -2.26. The van der Waals surface area contributed by atoms with Crippen molar-refractivity contribution < 1.29 is 0 Å². The van der Waals surface area contributed by atoms with Gasteiger partial charge in [-0.15, -0.1) is 0 Å². The van der Waals surface area contributed by atoms with Gasteiger partial charge in [-0.2, -0.15) is 0 Å². The van der Waals surface area contributed by atoms with Gasteiger partial charge in [-0.1, -0.05) is 200 Å². The van der Waals surface area contributed by atoms with Gasteiger partial charge in [0.1, 0.15) is 0 Å². The molecule has 2 nitrogen and oxygen atoms in total. The summed E-state index contributed by atoms with van der Waals surface area (Å²) in [5.74, 6) is 0. The van der Waals surface area contributed by atoms with Crippen molar-refractivity contribution in [3.05, 3.63) is 277 Å². The molecule has 11 aromatic carbocycles. The maximum atomic E-state index is 5.41. The molecule has 68 heavy (non-hydrogen) atoms. The maximum Gasteiger partial charge on any atom is 0.0788 e. The van der Waals surface area contributed by atoms with Crippen molar-refractivity contribution >= 4 is 49.5 Å². The van der Waals surface area contributed by atoms with Crippen LogP contribution in [0.1, 0.15) is 22.3 Å². The van der Waals surface area contributed by atoms with E-state index in [1.807, 2.05) is 0 Å². The number of anilines is 3. The first kappa shape index (κ1) is 38.4. The van der Waals surface area contributed by atoms with E-state index in [2.05, 4.69) is 260 Å². The fraction of sp³-hybridized carbons (Fsp3) is 0.0152.